The van der Waals surface area contributed by atoms with Crippen molar-refractivity contribution in [2.75, 3.05) is 24.5 Å². The summed E-state index contributed by atoms with van der Waals surface area (Å²) in [7, 11) is 0. The summed E-state index contributed by atoms with van der Waals surface area (Å²) in [5.41, 5.74) is 3.31. The normalized spacial score (nSPS) is 20.1. The van der Waals surface area contributed by atoms with Crippen LogP contribution in [-0.4, -0.2) is 44.1 Å². The van der Waals surface area contributed by atoms with Gasteiger partial charge in [-0.1, -0.05) is 0 Å². The van der Waals surface area contributed by atoms with Crippen LogP contribution in [0.5, 0.6) is 0 Å². The lowest BCUT2D eigenvalue weighted by atomic mass is 9.77. The molecule has 0 aromatic carbocycles. The van der Waals surface area contributed by atoms with Gasteiger partial charge in [0, 0.05) is 50.4 Å². The van der Waals surface area contributed by atoms with Gasteiger partial charge in [-0.2, -0.15) is 0 Å². The standard InChI is InChI=1S/C23H26N6O2/c30-21-18-14-28(22-24-6-1-7-25-22)8-2-19(18)26-20-12-23(16-29(20)21)4-9-27(10-5-23)13-17-3-11-31-15-17/h1,3,6-7,11,15H,2,4-5,8-10,12-14,16H2. The summed E-state index contributed by atoms with van der Waals surface area (Å²) < 4.78 is 7.16. The highest BCUT2D eigenvalue weighted by Crippen LogP contribution is 2.41. The van der Waals surface area contributed by atoms with Crippen LogP contribution in [0.3, 0.4) is 0 Å². The Labute approximate surface area is 180 Å². The SMILES string of the molecule is O=c1c2c(nc3n1CC1(CCN(Cc4ccoc4)CC1)C3)CCN(c1ncccn1)C2. The predicted molar refractivity (Wildman–Crippen MR) is 115 cm³/mol. The molecule has 0 aliphatic carbocycles. The van der Waals surface area contributed by atoms with E-state index >= 15 is 0 Å². The van der Waals surface area contributed by atoms with Crippen molar-refractivity contribution in [1.82, 2.24) is 24.4 Å². The Morgan fingerprint density at radius 3 is 2.74 bits per heavy atom. The summed E-state index contributed by atoms with van der Waals surface area (Å²) in [6.45, 7) is 5.16. The van der Waals surface area contributed by atoms with Crippen molar-refractivity contribution in [3.05, 3.63) is 70.1 Å². The van der Waals surface area contributed by atoms with Crippen molar-refractivity contribution in [2.24, 2.45) is 5.41 Å². The van der Waals surface area contributed by atoms with Crippen molar-refractivity contribution in [3.8, 4) is 0 Å². The third kappa shape index (κ3) is 3.35. The lowest BCUT2D eigenvalue weighted by Crippen LogP contribution is -2.41. The fourth-order valence-electron chi connectivity index (χ4n) is 5.37. The van der Waals surface area contributed by atoms with E-state index in [1.807, 2.05) is 23.0 Å². The molecule has 3 aromatic heterocycles. The molecule has 160 valence electrons. The Balaban J connectivity index is 1.20. The van der Waals surface area contributed by atoms with Gasteiger partial charge in [0.2, 0.25) is 5.95 Å². The fourth-order valence-corrected chi connectivity index (χ4v) is 5.37. The van der Waals surface area contributed by atoms with E-state index in [1.54, 1.807) is 18.7 Å². The maximum Gasteiger partial charge on any atom is 0.258 e. The topological polar surface area (TPSA) is 80.3 Å². The minimum absolute atomic E-state index is 0.137. The van der Waals surface area contributed by atoms with Crippen LogP contribution in [0.15, 0.2) is 46.3 Å². The minimum atomic E-state index is 0.137. The monoisotopic (exact) mass is 418 g/mol. The highest BCUT2D eigenvalue weighted by molar-refractivity contribution is 5.36. The van der Waals surface area contributed by atoms with Gasteiger partial charge in [0.15, 0.2) is 0 Å². The number of rotatable bonds is 3. The van der Waals surface area contributed by atoms with E-state index in [2.05, 4.69) is 19.8 Å². The van der Waals surface area contributed by atoms with Crippen molar-refractivity contribution < 1.29 is 4.42 Å². The van der Waals surface area contributed by atoms with E-state index in [-0.39, 0.29) is 11.0 Å². The zero-order valence-electron chi connectivity index (χ0n) is 17.5. The highest BCUT2D eigenvalue weighted by Gasteiger charge is 2.42. The second kappa shape index (κ2) is 7.30. The van der Waals surface area contributed by atoms with E-state index in [0.29, 0.717) is 12.5 Å². The molecule has 31 heavy (non-hydrogen) atoms. The number of likely N-dealkylation sites (tertiary alicyclic amines) is 1. The van der Waals surface area contributed by atoms with Crippen LogP contribution in [0.2, 0.25) is 0 Å². The van der Waals surface area contributed by atoms with E-state index in [9.17, 15) is 4.79 Å². The van der Waals surface area contributed by atoms with Crippen LogP contribution in [-0.2, 0) is 32.5 Å². The molecule has 0 N–H and O–H groups in total. The molecule has 6 heterocycles. The Kier molecular flexibility index (Phi) is 4.41. The van der Waals surface area contributed by atoms with Gasteiger partial charge in [0.05, 0.1) is 30.3 Å². The third-order valence-corrected chi connectivity index (χ3v) is 7.16. The number of furan rings is 1. The summed E-state index contributed by atoms with van der Waals surface area (Å²) >= 11 is 0. The maximum atomic E-state index is 13.4. The Morgan fingerprint density at radius 1 is 1.13 bits per heavy atom. The van der Waals surface area contributed by atoms with E-state index in [4.69, 9.17) is 9.40 Å². The fraction of sp³-hybridized carbons (Fsp3) is 0.478. The zero-order chi connectivity index (χ0) is 20.8. The van der Waals surface area contributed by atoms with Crippen LogP contribution in [0.4, 0.5) is 5.95 Å². The second-order valence-electron chi connectivity index (χ2n) is 9.15. The number of piperidine rings is 1. The van der Waals surface area contributed by atoms with Crippen LogP contribution in [0.1, 0.15) is 35.5 Å². The van der Waals surface area contributed by atoms with Crippen molar-refractivity contribution >= 4 is 5.95 Å². The molecule has 0 atom stereocenters. The molecule has 6 rings (SSSR count). The summed E-state index contributed by atoms with van der Waals surface area (Å²) in [4.78, 5) is 31.7. The molecular weight excluding hydrogens is 392 g/mol. The van der Waals surface area contributed by atoms with Gasteiger partial charge in [-0.05, 0) is 43.5 Å². The average Bonchev–Trinajstić information content (AvgIpc) is 3.44. The first kappa shape index (κ1) is 18.7. The van der Waals surface area contributed by atoms with E-state index < -0.39 is 0 Å². The molecule has 0 saturated carbocycles. The van der Waals surface area contributed by atoms with Crippen molar-refractivity contribution in [3.63, 3.8) is 0 Å². The summed E-state index contributed by atoms with van der Waals surface area (Å²) in [5.74, 6) is 1.66. The first-order chi connectivity index (χ1) is 15.2. The molecule has 3 aliphatic rings. The lowest BCUT2D eigenvalue weighted by molar-refractivity contribution is 0.0977. The van der Waals surface area contributed by atoms with Gasteiger partial charge in [-0.25, -0.2) is 15.0 Å². The summed E-state index contributed by atoms with van der Waals surface area (Å²) in [6, 6.07) is 3.85. The van der Waals surface area contributed by atoms with Gasteiger partial charge in [-0.15, -0.1) is 0 Å². The Hall–Kier alpha value is -3.00. The largest absolute Gasteiger partial charge is 0.472 e. The Morgan fingerprint density at radius 2 is 1.97 bits per heavy atom. The number of anilines is 1. The maximum absolute atomic E-state index is 13.4. The van der Waals surface area contributed by atoms with E-state index in [1.165, 1.54) is 5.56 Å². The lowest BCUT2D eigenvalue weighted by Gasteiger charge is -2.38. The highest BCUT2D eigenvalue weighted by atomic mass is 16.3. The smallest absolute Gasteiger partial charge is 0.258 e. The molecule has 1 saturated heterocycles. The first-order valence-electron chi connectivity index (χ1n) is 11.1. The quantitative estimate of drug-likeness (QED) is 0.644. The van der Waals surface area contributed by atoms with Crippen molar-refractivity contribution in [2.45, 2.75) is 45.3 Å². The molecule has 1 fully saturated rings. The van der Waals surface area contributed by atoms with Crippen molar-refractivity contribution in [1.29, 1.82) is 0 Å². The third-order valence-electron chi connectivity index (χ3n) is 7.16. The van der Waals surface area contributed by atoms with Crippen LogP contribution >= 0.6 is 0 Å². The second-order valence-corrected chi connectivity index (χ2v) is 9.15. The Bertz CT molecular complexity index is 1130. The van der Waals surface area contributed by atoms with Crippen LogP contribution < -0.4 is 10.5 Å². The molecule has 3 aliphatic heterocycles. The molecule has 8 nitrogen and oxygen atoms in total. The molecular formula is C23H26N6O2. The molecule has 8 heteroatoms. The predicted octanol–water partition coefficient (Wildman–Crippen LogP) is 2.03. The summed E-state index contributed by atoms with van der Waals surface area (Å²) in [6.07, 6.45) is 10.9. The molecule has 0 amide bonds. The zero-order valence-corrected chi connectivity index (χ0v) is 17.5. The molecule has 0 bridgehead atoms. The van der Waals surface area contributed by atoms with Crippen LogP contribution in [0, 0.1) is 5.41 Å². The number of nitrogens with zero attached hydrogens (tertiary/aromatic N) is 6. The van der Waals surface area contributed by atoms with E-state index in [0.717, 1.165) is 75.5 Å². The van der Waals surface area contributed by atoms with Gasteiger partial charge < -0.3 is 9.32 Å². The summed E-state index contributed by atoms with van der Waals surface area (Å²) in [5, 5.41) is 0. The molecule has 0 unspecified atom stereocenters. The minimum Gasteiger partial charge on any atom is -0.472 e. The van der Waals surface area contributed by atoms with Gasteiger partial charge in [0.1, 0.15) is 5.82 Å². The number of aromatic nitrogens is 4. The van der Waals surface area contributed by atoms with Crippen LogP contribution in [0.25, 0.3) is 0 Å². The average molecular weight is 419 g/mol. The number of hydrogen-bond acceptors (Lipinski definition) is 7. The first-order valence-corrected chi connectivity index (χ1v) is 11.1. The van der Waals surface area contributed by atoms with Gasteiger partial charge in [-0.3, -0.25) is 14.3 Å². The van der Waals surface area contributed by atoms with Gasteiger partial charge in [0.25, 0.3) is 5.56 Å². The molecule has 1 spiro atoms. The molecule has 3 aromatic rings. The van der Waals surface area contributed by atoms with Gasteiger partial charge >= 0.3 is 0 Å². The number of fused-ring (bicyclic) bond motifs is 2. The molecule has 0 radical (unpaired) electrons. The number of hydrogen-bond donors (Lipinski definition) is 0.